The van der Waals surface area contributed by atoms with Crippen LogP contribution in [-0.4, -0.2) is 18.2 Å². The van der Waals surface area contributed by atoms with Gasteiger partial charge in [0.1, 0.15) is 4.90 Å². The summed E-state index contributed by atoms with van der Waals surface area (Å²) >= 11 is 5.73. The third kappa shape index (κ3) is 2.26. The van der Waals surface area contributed by atoms with E-state index in [1.807, 2.05) is 0 Å². The number of anilines is 1. The highest BCUT2D eigenvalue weighted by atomic mass is 35.5. The highest BCUT2D eigenvalue weighted by Crippen LogP contribution is 2.24. The van der Waals surface area contributed by atoms with E-state index >= 15 is 0 Å². The van der Waals surface area contributed by atoms with Gasteiger partial charge in [-0.1, -0.05) is 17.7 Å². The average molecular weight is 273 g/mol. The van der Waals surface area contributed by atoms with Gasteiger partial charge in [0.05, 0.1) is 22.6 Å². The molecule has 0 saturated carbocycles. The van der Waals surface area contributed by atoms with Crippen molar-refractivity contribution in [3.8, 4) is 5.69 Å². The van der Waals surface area contributed by atoms with E-state index in [1.165, 1.54) is 29.2 Å². The summed E-state index contributed by atoms with van der Waals surface area (Å²) in [6.45, 7) is 0. The first-order valence-electron chi connectivity index (χ1n) is 4.51. The molecule has 8 heteroatoms. The van der Waals surface area contributed by atoms with Crippen LogP contribution in [0, 0.1) is 0 Å². The minimum atomic E-state index is -3.86. The van der Waals surface area contributed by atoms with Crippen molar-refractivity contribution in [2.24, 2.45) is 5.14 Å². The van der Waals surface area contributed by atoms with Crippen LogP contribution in [0.3, 0.4) is 0 Å². The Kier molecular flexibility index (Phi) is 2.82. The van der Waals surface area contributed by atoms with Gasteiger partial charge in [0.25, 0.3) is 0 Å². The van der Waals surface area contributed by atoms with Crippen molar-refractivity contribution in [2.45, 2.75) is 4.90 Å². The van der Waals surface area contributed by atoms with Crippen molar-refractivity contribution in [3.05, 3.63) is 35.6 Å². The number of rotatable bonds is 2. The zero-order valence-electron chi connectivity index (χ0n) is 8.54. The zero-order chi connectivity index (χ0) is 12.6. The van der Waals surface area contributed by atoms with E-state index in [0.717, 1.165) is 0 Å². The number of aromatic nitrogens is 2. The Morgan fingerprint density at radius 2 is 2.06 bits per heavy atom. The maximum atomic E-state index is 11.3. The predicted octanol–water partition coefficient (Wildman–Crippen LogP) is 0.755. The third-order valence-electron chi connectivity index (χ3n) is 2.15. The van der Waals surface area contributed by atoms with Crippen LogP contribution in [0.15, 0.2) is 35.5 Å². The summed E-state index contributed by atoms with van der Waals surface area (Å²) in [6.07, 6.45) is 2.94. The Morgan fingerprint density at radius 3 is 2.59 bits per heavy atom. The van der Waals surface area contributed by atoms with Crippen molar-refractivity contribution in [2.75, 3.05) is 5.73 Å². The number of primary sulfonamides is 1. The minimum Gasteiger partial charge on any atom is -0.396 e. The molecule has 0 amide bonds. The van der Waals surface area contributed by atoms with Gasteiger partial charge in [-0.3, -0.25) is 0 Å². The lowest BCUT2D eigenvalue weighted by molar-refractivity contribution is 0.598. The lowest BCUT2D eigenvalue weighted by atomic mass is 10.3. The van der Waals surface area contributed by atoms with Gasteiger partial charge in [-0.05, 0) is 12.1 Å². The number of nitrogen functional groups attached to an aromatic ring is 1. The Balaban J connectivity index is 2.65. The van der Waals surface area contributed by atoms with Crippen LogP contribution >= 0.6 is 11.6 Å². The first-order valence-corrected chi connectivity index (χ1v) is 6.44. The Bertz CT molecular complexity index is 665. The molecule has 17 heavy (non-hydrogen) atoms. The number of hydrogen-bond acceptors (Lipinski definition) is 4. The molecule has 0 radical (unpaired) electrons. The molecule has 0 saturated heterocycles. The van der Waals surface area contributed by atoms with Gasteiger partial charge in [0.15, 0.2) is 0 Å². The predicted molar refractivity (Wildman–Crippen MR) is 64.4 cm³/mol. The van der Waals surface area contributed by atoms with Crippen molar-refractivity contribution < 1.29 is 8.42 Å². The molecule has 1 heterocycles. The average Bonchev–Trinajstić information content (AvgIpc) is 2.63. The second-order valence-corrected chi connectivity index (χ2v) is 5.30. The van der Waals surface area contributed by atoms with Crippen molar-refractivity contribution >= 4 is 27.3 Å². The highest BCUT2D eigenvalue weighted by Gasteiger charge is 2.15. The zero-order valence-corrected chi connectivity index (χ0v) is 10.1. The second-order valence-electron chi connectivity index (χ2n) is 3.34. The normalized spacial score (nSPS) is 11.6. The smallest absolute Gasteiger partial charge is 0.240 e. The van der Waals surface area contributed by atoms with Gasteiger partial charge in [-0.15, -0.1) is 0 Å². The van der Waals surface area contributed by atoms with E-state index in [-0.39, 0.29) is 10.6 Å². The number of hydrogen-bond donors (Lipinski definition) is 2. The summed E-state index contributed by atoms with van der Waals surface area (Å²) in [5, 5.41) is 9.41. The minimum absolute atomic E-state index is 0.0368. The standard InChI is InChI=1S/C9H9ClN4O2S/c10-6-4-13-14(5-6)7-2-1-3-8(9(7)11)17(12,15)16/h1-5H,11H2,(H2,12,15,16). The first kappa shape index (κ1) is 11.9. The Morgan fingerprint density at radius 1 is 1.35 bits per heavy atom. The fourth-order valence-electron chi connectivity index (χ4n) is 1.41. The van der Waals surface area contributed by atoms with Crippen LogP contribution in [0.25, 0.3) is 5.69 Å². The molecular weight excluding hydrogens is 264 g/mol. The molecule has 1 aromatic carbocycles. The molecule has 0 spiro atoms. The molecule has 0 fully saturated rings. The summed E-state index contributed by atoms with van der Waals surface area (Å²) in [7, 11) is -3.86. The van der Waals surface area contributed by atoms with Crippen molar-refractivity contribution in [1.82, 2.24) is 9.78 Å². The maximum Gasteiger partial charge on any atom is 0.240 e. The summed E-state index contributed by atoms with van der Waals surface area (Å²) in [5.41, 5.74) is 6.19. The van der Waals surface area contributed by atoms with Gasteiger partial charge >= 0.3 is 0 Å². The number of benzene rings is 1. The van der Waals surface area contributed by atoms with Crippen molar-refractivity contribution in [3.63, 3.8) is 0 Å². The second kappa shape index (κ2) is 4.02. The molecule has 0 aliphatic heterocycles. The molecule has 6 nitrogen and oxygen atoms in total. The van der Waals surface area contributed by atoms with Gasteiger partial charge in [0.2, 0.25) is 10.0 Å². The first-order chi connectivity index (χ1) is 7.89. The van der Waals surface area contributed by atoms with Gasteiger partial charge < -0.3 is 5.73 Å². The van der Waals surface area contributed by atoms with Crippen molar-refractivity contribution in [1.29, 1.82) is 0 Å². The number of sulfonamides is 1. The van der Waals surface area contributed by atoms with Crippen LogP contribution in [0.2, 0.25) is 5.02 Å². The molecule has 0 bridgehead atoms. The van der Waals surface area contributed by atoms with Crippen LogP contribution in [0.5, 0.6) is 0 Å². The molecule has 4 N–H and O–H groups in total. The molecule has 0 aliphatic carbocycles. The van der Waals surface area contributed by atoms with E-state index in [1.54, 1.807) is 6.07 Å². The summed E-state index contributed by atoms with van der Waals surface area (Å²) in [5.74, 6) is 0. The van der Waals surface area contributed by atoms with E-state index in [4.69, 9.17) is 22.5 Å². The molecule has 2 aromatic rings. The molecule has 0 aliphatic rings. The molecule has 90 valence electrons. The fourth-order valence-corrected chi connectivity index (χ4v) is 2.23. The fraction of sp³-hybridized carbons (Fsp3) is 0. The van der Waals surface area contributed by atoms with Gasteiger partial charge in [-0.2, -0.15) is 5.10 Å². The maximum absolute atomic E-state index is 11.3. The SMILES string of the molecule is Nc1c(-n2cc(Cl)cn2)cccc1S(N)(=O)=O. The van der Waals surface area contributed by atoms with Crippen LogP contribution in [0.1, 0.15) is 0 Å². The quantitative estimate of drug-likeness (QED) is 0.787. The number of halogens is 1. The molecule has 0 atom stereocenters. The summed E-state index contributed by atoms with van der Waals surface area (Å²) < 4.78 is 24.0. The number of nitrogens with zero attached hydrogens (tertiary/aromatic N) is 2. The molecule has 0 unspecified atom stereocenters. The van der Waals surface area contributed by atoms with Crippen LogP contribution in [-0.2, 0) is 10.0 Å². The van der Waals surface area contributed by atoms with Gasteiger partial charge in [0, 0.05) is 6.20 Å². The van der Waals surface area contributed by atoms with E-state index in [0.29, 0.717) is 10.7 Å². The topological polar surface area (TPSA) is 104 Å². The summed E-state index contributed by atoms with van der Waals surface area (Å²) in [6, 6.07) is 4.48. The van der Waals surface area contributed by atoms with Crippen LogP contribution < -0.4 is 10.9 Å². The molecule has 2 rings (SSSR count). The van der Waals surface area contributed by atoms with Crippen LogP contribution in [0.4, 0.5) is 5.69 Å². The lowest BCUT2D eigenvalue weighted by Gasteiger charge is -2.09. The summed E-state index contributed by atoms with van der Waals surface area (Å²) in [4.78, 5) is -0.137. The number of nitrogens with two attached hydrogens (primary N) is 2. The monoisotopic (exact) mass is 272 g/mol. The number of para-hydroxylation sites is 1. The Labute approximate surface area is 103 Å². The Hall–Kier alpha value is -1.57. The van der Waals surface area contributed by atoms with Gasteiger partial charge in [-0.25, -0.2) is 18.2 Å². The highest BCUT2D eigenvalue weighted by molar-refractivity contribution is 7.89. The molecule has 1 aromatic heterocycles. The van der Waals surface area contributed by atoms with E-state index in [2.05, 4.69) is 5.10 Å². The lowest BCUT2D eigenvalue weighted by Crippen LogP contribution is -2.15. The third-order valence-corrected chi connectivity index (χ3v) is 3.31. The van der Waals surface area contributed by atoms with E-state index < -0.39 is 10.0 Å². The largest absolute Gasteiger partial charge is 0.396 e. The van der Waals surface area contributed by atoms with E-state index in [9.17, 15) is 8.42 Å². The molecular formula is C9H9ClN4O2S.